The Morgan fingerprint density at radius 1 is 1.18 bits per heavy atom. The van der Waals surface area contributed by atoms with E-state index in [0.717, 1.165) is 12.8 Å². The Morgan fingerprint density at radius 2 is 1.88 bits per heavy atom. The third-order valence-corrected chi connectivity index (χ3v) is 3.83. The Hall–Kier alpha value is -0.710. The van der Waals surface area contributed by atoms with Crippen molar-refractivity contribution in [3.63, 3.8) is 0 Å². The van der Waals surface area contributed by atoms with Gasteiger partial charge in [0.1, 0.15) is 5.84 Å². The van der Waals surface area contributed by atoms with Gasteiger partial charge in [0.15, 0.2) is 0 Å². The molecule has 0 aromatic heterocycles. The van der Waals surface area contributed by atoms with E-state index in [1.807, 2.05) is 0 Å². The molecule has 3 N–H and O–H groups in total. The maximum absolute atomic E-state index is 13.1. The molecule has 17 heavy (non-hydrogen) atoms. The van der Waals surface area contributed by atoms with Crippen molar-refractivity contribution in [2.24, 2.45) is 16.8 Å². The molecule has 2 fully saturated rings. The molecular formula is C12H21F2N3. The van der Waals surface area contributed by atoms with Gasteiger partial charge in [-0.3, -0.25) is 4.99 Å². The lowest BCUT2D eigenvalue weighted by atomic mass is 9.95. The number of nitrogens with zero attached hydrogens (tertiary/aromatic N) is 1. The molecule has 0 aliphatic heterocycles. The fourth-order valence-electron chi connectivity index (χ4n) is 2.85. The lowest BCUT2D eigenvalue weighted by Crippen LogP contribution is -2.37. The Labute approximate surface area is 101 Å². The quantitative estimate of drug-likeness (QED) is 0.340. The summed E-state index contributed by atoms with van der Waals surface area (Å²) < 4.78 is 26.3. The number of rotatable bonds is 2. The lowest BCUT2D eigenvalue weighted by molar-refractivity contribution is 0.00724. The molecule has 0 amide bonds. The molecule has 2 aliphatic rings. The maximum Gasteiger partial charge on any atom is 0.248 e. The van der Waals surface area contributed by atoms with E-state index in [1.54, 1.807) is 0 Å². The fourth-order valence-corrected chi connectivity index (χ4v) is 2.85. The summed E-state index contributed by atoms with van der Waals surface area (Å²) in [7, 11) is 0. The summed E-state index contributed by atoms with van der Waals surface area (Å²) in [6, 6.07) is 0.282. The van der Waals surface area contributed by atoms with Gasteiger partial charge < -0.3 is 5.43 Å². The van der Waals surface area contributed by atoms with Crippen molar-refractivity contribution in [3.05, 3.63) is 0 Å². The fraction of sp³-hybridized carbons (Fsp3) is 0.917. The van der Waals surface area contributed by atoms with Gasteiger partial charge in [-0.1, -0.05) is 19.3 Å². The molecule has 3 nitrogen and oxygen atoms in total. The molecule has 0 saturated heterocycles. The van der Waals surface area contributed by atoms with Crippen molar-refractivity contribution in [2.45, 2.75) is 63.3 Å². The van der Waals surface area contributed by atoms with Crippen LogP contribution in [0.4, 0.5) is 8.78 Å². The number of aliphatic imine (C=N–C) groups is 1. The van der Waals surface area contributed by atoms with E-state index in [4.69, 9.17) is 5.84 Å². The molecule has 5 heteroatoms. The van der Waals surface area contributed by atoms with Crippen LogP contribution in [-0.4, -0.2) is 17.8 Å². The van der Waals surface area contributed by atoms with Crippen LogP contribution in [0.25, 0.3) is 0 Å². The van der Waals surface area contributed by atoms with E-state index in [0.29, 0.717) is 12.3 Å². The molecule has 1 unspecified atom stereocenters. The summed E-state index contributed by atoms with van der Waals surface area (Å²) in [6.45, 7) is 0. The van der Waals surface area contributed by atoms with Gasteiger partial charge in [0.2, 0.25) is 5.92 Å². The number of halogens is 2. The number of alkyl halides is 2. The van der Waals surface area contributed by atoms with Crippen LogP contribution in [0.3, 0.4) is 0 Å². The van der Waals surface area contributed by atoms with Gasteiger partial charge in [-0.2, -0.15) is 0 Å². The molecule has 0 radical (unpaired) electrons. The molecule has 0 bridgehead atoms. The molecule has 0 spiro atoms. The molecule has 0 aromatic rings. The van der Waals surface area contributed by atoms with Crippen molar-refractivity contribution in [1.29, 1.82) is 0 Å². The van der Waals surface area contributed by atoms with Crippen molar-refractivity contribution in [2.75, 3.05) is 0 Å². The standard InChI is InChI=1S/C12H21F2N3/c13-12(14)7-6-9(8-12)11(17-15)16-10-4-2-1-3-5-10/h9-10H,1-8,15H2,(H,16,17). The second kappa shape index (κ2) is 5.29. The van der Waals surface area contributed by atoms with Gasteiger partial charge in [0.05, 0.1) is 6.04 Å². The summed E-state index contributed by atoms with van der Waals surface area (Å²) >= 11 is 0. The van der Waals surface area contributed by atoms with Crippen LogP contribution in [0.2, 0.25) is 0 Å². The van der Waals surface area contributed by atoms with Gasteiger partial charge in [-0.25, -0.2) is 14.6 Å². The minimum absolute atomic E-state index is 0.0387. The number of nitrogens with one attached hydrogen (secondary N) is 1. The molecule has 2 rings (SSSR count). The average Bonchev–Trinajstić information content (AvgIpc) is 2.68. The molecule has 0 heterocycles. The normalized spacial score (nSPS) is 30.5. The van der Waals surface area contributed by atoms with E-state index in [-0.39, 0.29) is 24.8 Å². The number of amidine groups is 1. The number of hydrazine groups is 1. The van der Waals surface area contributed by atoms with Crippen LogP contribution >= 0.6 is 0 Å². The second-order valence-corrected chi connectivity index (χ2v) is 5.25. The third-order valence-electron chi connectivity index (χ3n) is 3.83. The first-order valence-corrected chi connectivity index (χ1v) is 6.53. The van der Waals surface area contributed by atoms with Crippen LogP contribution in [0.5, 0.6) is 0 Å². The van der Waals surface area contributed by atoms with E-state index >= 15 is 0 Å². The van der Waals surface area contributed by atoms with Crippen LogP contribution in [0.15, 0.2) is 4.99 Å². The van der Waals surface area contributed by atoms with Gasteiger partial charge in [0.25, 0.3) is 0 Å². The SMILES string of the molecule is NNC(=NC1CCCCC1)C1CCC(F)(F)C1. The van der Waals surface area contributed by atoms with E-state index in [2.05, 4.69) is 10.4 Å². The molecule has 2 saturated carbocycles. The molecular weight excluding hydrogens is 224 g/mol. The molecule has 0 aromatic carbocycles. The highest BCUT2D eigenvalue weighted by Crippen LogP contribution is 2.39. The van der Waals surface area contributed by atoms with E-state index in [9.17, 15) is 8.78 Å². The summed E-state index contributed by atoms with van der Waals surface area (Å²) in [5.74, 6) is 3.31. The Morgan fingerprint density at radius 3 is 2.41 bits per heavy atom. The minimum Gasteiger partial charge on any atom is -0.312 e. The number of hydrogen-bond donors (Lipinski definition) is 2. The first kappa shape index (κ1) is 12.7. The van der Waals surface area contributed by atoms with Crippen LogP contribution in [0, 0.1) is 5.92 Å². The maximum atomic E-state index is 13.1. The van der Waals surface area contributed by atoms with Crippen molar-refractivity contribution in [3.8, 4) is 0 Å². The van der Waals surface area contributed by atoms with Crippen LogP contribution in [-0.2, 0) is 0 Å². The first-order valence-electron chi connectivity index (χ1n) is 6.53. The molecule has 1 atom stereocenters. The van der Waals surface area contributed by atoms with Crippen molar-refractivity contribution in [1.82, 2.24) is 5.43 Å². The van der Waals surface area contributed by atoms with Gasteiger partial charge >= 0.3 is 0 Å². The van der Waals surface area contributed by atoms with Crippen molar-refractivity contribution >= 4 is 5.84 Å². The topological polar surface area (TPSA) is 50.4 Å². The molecule has 2 aliphatic carbocycles. The zero-order valence-corrected chi connectivity index (χ0v) is 10.1. The highest BCUT2D eigenvalue weighted by atomic mass is 19.3. The van der Waals surface area contributed by atoms with Gasteiger partial charge in [-0.15, -0.1) is 0 Å². The predicted molar refractivity (Wildman–Crippen MR) is 63.9 cm³/mol. The van der Waals surface area contributed by atoms with E-state index < -0.39 is 5.92 Å². The molecule has 98 valence electrons. The smallest absolute Gasteiger partial charge is 0.248 e. The number of hydrogen-bond acceptors (Lipinski definition) is 2. The Kier molecular flexibility index (Phi) is 3.97. The minimum atomic E-state index is -2.53. The number of nitrogens with two attached hydrogens (primary N) is 1. The largest absolute Gasteiger partial charge is 0.312 e. The highest BCUT2D eigenvalue weighted by Gasteiger charge is 2.41. The van der Waals surface area contributed by atoms with Crippen molar-refractivity contribution < 1.29 is 8.78 Å². The zero-order chi connectivity index (χ0) is 12.3. The Bertz CT molecular complexity index is 285. The predicted octanol–water partition coefficient (Wildman–Crippen LogP) is 2.62. The van der Waals surface area contributed by atoms with Gasteiger partial charge in [0, 0.05) is 18.8 Å². The van der Waals surface area contributed by atoms with E-state index in [1.165, 1.54) is 19.3 Å². The second-order valence-electron chi connectivity index (χ2n) is 5.25. The first-order chi connectivity index (χ1) is 8.11. The van der Waals surface area contributed by atoms with Crippen LogP contribution in [0.1, 0.15) is 51.4 Å². The average molecular weight is 245 g/mol. The third kappa shape index (κ3) is 3.37. The summed E-state index contributed by atoms with van der Waals surface area (Å²) in [5.41, 5.74) is 2.55. The summed E-state index contributed by atoms with van der Waals surface area (Å²) in [4.78, 5) is 4.55. The highest BCUT2D eigenvalue weighted by molar-refractivity contribution is 5.84. The lowest BCUT2D eigenvalue weighted by Gasteiger charge is -2.21. The zero-order valence-electron chi connectivity index (χ0n) is 10.1. The Balaban J connectivity index is 1.98. The monoisotopic (exact) mass is 245 g/mol. The summed E-state index contributed by atoms with van der Waals surface area (Å²) in [5, 5.41) is 0. The van der Waals surface area contributed by atoms with Crippen LogP contribution < -0.4 is 11.3 Å². The summed E-state index contributed by atoms with van der Waals surface area (Å²) in [6.07, 6.45) is 6.11. The van der Waals surface area contributed by atoms with Gasteiger partial charge in [-0.05, 0) is 19.3 Å².